The van der Waals surface area contributed by atoms with Crippen molar-refractivity contribution < 1.29 is 14.4 Å². The predicted molar refractivity (Wildman–Crippen MR) is 113 cm³/mol. The predicted octanol–water partition coefficient (Wildman–Crippen LogP) is 3.95. The molecular weight excluding hydrogens is 406 g/mol. The summed E-state index contributed by atoms with van der Waals surface area (Å²) in [5.41, 5.74) is 1.72. The summed E-state index contributed by atoms with van der Waals surface area (Å²) >= 11 is 0. The lowest BCUT2D eigenvalue weighted by Crippen LogP contribution is -2.47. The lowest BCUT2D eigenvalue weighted by molar-refractivity contribution is -0.126. The second kappa shape index (κ2) is 12.2. The Morgan fingerprint density at radius 2 is 1.93 bits per heavy atom. The van der Waals surface area contributed by atoms with Crippen LogP contribution in [0.3, 0.4) is 0 Å². The van der Waals surface area contributed by atoms with E-state index >= 15 is 0 Å². The topological polar surface area (TPSA) is 77.5 Å². The largest absolute Gasteiger partial charge is 0.366 e. The van der Waals surface area contributed by atoms with Crippen molar-refractivity contribution >= 4 is 42.6 Å². The quantitative estimate of drug-likeness (QED) is 0.371. The standard InChI is InChI=1S/C19H27FN4O2.2ClH/c20-17(19(25)23-26)11-14-8-9-18(21-12-14)22-15-5-4-10-24(13-15)16-6-2-1-3-7-16;;/h8-9,11-12,15-16,26H,1-7,10,13H2,(H,21,22)(H,23,25);2*1H/b17-11-;;/t15-;;/m1../s1. The molecular formula is C19H29Cl2FN4O2. The van der Waals surface area contributed by atoms with Gasteiger partial charge < -0.3 is 5.32 Å². The van der Waals surface area contributed by atoms with Gasteiger partial charge in [-0.3, -0.25) is 14.9 Å². The number of rotatable bonds is 5. The Hall–Kier alpha value is -1.41. The van der Waals surface area contributed by atoms with E-state index in [0.29, 0.717) is 11.6 Å². The van der Waals surface area contributed by atoms with Gasteiger partial charge in [-0.05, 0) is 56.0 Å². The first-order chi connectivity index (χ1) is 12.7. The Balaban J connectivity index is 0.00000196. The molecule has 28 heavy (non-hydrogen) atoms. The number of halogens is 3. The number of aromatic nitrogens is 1. The van der Waals surface area contributed by atoms with Crippen molar-refractivity contribution in [3.05, 3.63) is 29.7 Å². The molecule has 0 bridgehead atoms. The minimum atomic E-state index is -1.17. The summed E-state index contributed by atoms with van der Waals surface area (Å²) in [7, 11) is 0. The second-order valence-electron chi connectivity index (χ2n) is 7.18. The Bertz CT molecular complexity index is 639. The van der Waals surface area contributed by atoms with Gasteiger partial charge in [0.15, 0.2) is 5.83 Å². The van der Waals surface area contributed by atoms with Crippen LogP contribution in [0, 0.1) is 0 Å². The molecule has 1 aromatic rings. The number of amides is 1. The molecule has 1 amide bonds. The molecule has 2 heterocycles. The highest BCUT2D eigenvalue weighted by molar-refractivity contribution is 5.94. The number of likely N-dealkylation sites (tertiary alicyclic amines) is 1. The fraction of sp³-hybridized carbons (Fsp3) is 0.579. The van der Waals surface area contributed by atoms with Crippen LogP contribution in [0.2, 0.25) is 0 Å². The van der Waals surface area contributed by atoms with Crippen LogP contribution in [0.4, 0.5) is 10.2 Å². The fourth-order valence-electron chi connectivity index (χ4n) is 3.95. The molecule has 0 radical (unpaired) electrons. The van der Waals surface area contributed by atoms with Crippen LogP contribution in [-0.2, 0) is 4.79 Å². The minimum absolute atomic E-state index is 0. The fourth-order valence-corrected chi connectivity index (χ4v) is 3.95. The van der Waals surface area contributed by atoms with E-state index in [2.05, 4.69) is 15.2 Å². The van der Waals surface area contributed by atoms with Gasteiger partial charge in [-0.2, -0.15) is 0 Å². The molecule has 1 aliphatic heterocycles. The average molecular weight is 435 g/mol. The first-order valence-electron chi connectivity index (χ1n) is 9.44. The van der Waals surface area contributed by atoms with Crippen molar-refractivity contribution in [1.82, 2.24) is 15.4 Å². The molecule has 1 aromatic heterocycles. The average Bonchev–Trinajstić information content (AvgIpc) is 2.69. The molecule has 9 heteroatoms. The number of carbonyl (C=O) groups is 1. The molecule has 3 N–H and O–H groups in total. The van der Waals surface area contributed by atoms with Gasteiger partial charge in [0.05, 0.1) is 0 Å². The maximum Gasteiger partial charge on any atom is 0.303 e. The van der Waals surface area contributed by atoms with Gasteiger partial charge in [-0.1, -0.05) is 19.3 Å². The number of hydrogen-bond donors (Lipinski definition) is 3. The zero-order valence-corrected chi connectivity index (χ0v) is 17.4. The molecule has 3 rings (SSSR count). The summed E-state index contributed by atoms with van der Waals surface area (Å²) in [5, 5.41) is 11.9. The van der Waals surface area contributed by atoms with Crippen LogP contribution in [0.15, 0.2) is 24.2 Å². The monoisotopic (exact) mass is 434 g/mol. The number of nitrogens with one attached hydrogen (secondary N) is 2. The zero-order valence-electron chi connectivity index (χ0n) is 15.8. The second-order valence-corrected chi connectivity index (χ2v) is 7.18. The maximum atomic E-state index is 13.4. The molecule has 1 aliphatic carbocycles. The van der Waals surface area contributed by atoms with Gasteiger partial charge >= 0.3 is 5.91 Å². The number of anilines is 1. The van der Waals surface area contributed by atoms with Crippen LogP contribution < -0.4 is 10.8 Å². The van der Waals surface area contributed by atoms with E-state index in [4.69, 9.17) is 5.21 Å². The molecule has 0 unspecified atom stereocenters. The Kier molecular flexibility index (Phi) is 10.7. The zero-order chi connectivity index (χ0) is 18.4. The van der Waals surface area contributed by atoms with E-state index in [0.717, 1.165) is 30.9 Å². The number of hydrogen-bond acceptors (Lipinski definition) is 5. The highest BCUT2D eigenvalue weighted by Gasteiger charge is 2.26. The van der Waals surface area contributed by atoms with Crippen molar-refractivity contribution in [2.45, 2.75) is 57.0 Å². The van der Waals surface area contributed by atoms with Crippen molar-refractivity contribution in [2.24, 2.45) is 0 Å². The van der Waals surface area contributed by atoms with E-state index in [1.165, 1.54) is 56.7 Å². The van der Waals surface area contributed by atoms with Gasteiger partial charge in [-0.15, -0.1) is 24.8 Å². The van der Waals surface area contributed by atoms with Crippen LogP contribution in [0.1, 0.15) is 50.5 Å². The summed E-state index contributed by atoms with van der Waals surface area (Å²) in [6.07, 6.45) is 11.6. The Morgan fingerprint density at radius 3 is 2.57 bits per heavy atom. The van der Waals surface area contributed by atoms with Gasteiger partial charge in [0, 0.05) is 24.8 Å². The summed E-state index contributed by atoms with van der Waals surface area (Å²) in [4.78, 5) is 17.9. The van der Waals surface area contributed by atoms with Gasteiger partial charge in [0.2, 0.25) is 0 Å². The molecule has 1 saturated heterocycles. The van der Waals surface area contributed by atoms with Gasteiger partial charge in [0.25, 0.3) is 0 Å². The van der Waals surface area contributed by atoms with Crippen molar-refractivity contribution in [1.29, 1.82) is 0 Å². The number of nitrogens with zero attached hydrogens (tertiary/aromatic N) is 2. The molecule has 0 aromatic carbocycles. The summed E-state index contributed by atoms with van der Waals surface area (Å²) in [6, 6.07) is 4.59. The van der Waals surface area contributed by atoms with Gasteiger partial charge in [-0.25, -0.2) is 14.9 Å². The van der Waals surface area contributed by atoms with E-state index < -0.39 is 11.7 Å². The van der Waals surface area contributed by atoms with Crippen LogP contribution >= 0.6 is 24.8 Å². The SMILES string of the molecule is Cl.Cl.O=C(NO)/C(F)=C/c1ccc(N[C@@H]2CCCN(C3CCCCC3)C2)nc1. The normalized spacial score (nSPS) is 21.2. The third-order valence-corrected chi connectivity index (χ3v) is 5.29. The molecule has 1 atom stereocenters. The first kappa shape index (κ1) is 24.6. The maximum absolute atomic E-state index is 13.4. The highest BCUT2D eigenvalue weighted by Crippen LogP contribution is 2.26. The Labute approximate surface area is 177 Å². The van der Waals surface area contributed by atoms with E-state index in [-0.39, 0.29) is 24.8 Å². The molecule has 1 saturated carbocycles. The molecule has 6 nitrogen and oxygen atoms in total. The third-order valence-electron chi connectivity index (χ3n) is 5.29. The lowest BCUT2D eigenvalue weighted by atomic mass is 9.92. The third kappa shape index (κ3) is 6.88. The summed E-state index contributed by atoms with van der Waals surface area (Å²) < 4.78 is 13.4. The smallest absolute Gasteiger partial charge is 0.303 e. The van der Waals surface area contributed by atoms with Crippen LogP contribution in [0.25, 0.3) is 6.08 Å². The molecule has 2 fully saturated rings. The summed E-state index contributed by atoms with van der Waals surface area (Å²) in [5.74, 6) is -1.48. The number of pyridine rings is 1. The van der Waals surface area contributed by atoms with Crippen LogP contribution in [0.5, 0.6) is 0 Å². The molecule has 2 aliphatic rings. The first-order valence-corrected chi connectivity index (χ1v) is 9.44. The van der Waals surface area contributed by atoms with Gasteiger partial charge in [0.1, 0.15) is 5.82 Å². The van der Waals surface area contributed by atoms with Crippen molar-refractivity contribution in [3.63, 3.8) is 0 Å². The number of hydroxylamine groups is 1. The minimum Gasteiger partial charge on any atom is -0.366 e. The van der Waals surface area contributed by atoms with Crippen LogP contribution in [-0.4, -0.2) is 46.2 Å². The number of piperidine rings is 1. The highest BCUT2D eigenvalue weighted by atomic mass is 35.5. The van der Waals surface area contributed by atoms with Crippen molar-refractivity contribution in [3.8, 4) is 0 Å². The molecule has 158 valence electrons. The van der Waals surface area contributed by atoms with Crippen molar-refractivity contribution in [2.75, 3.05) is 18.4 Å². The summed E-state index contributed by atoms with van der Waals surface area (Å²) in [6.45, 7) is 2.23. The Morgan fingerprint density at radius 1 is 1.18 bits per heavy atom. The van der Waals surface area contributed by atoms with E-state index in [1.54, 1.807) is 12.1 Å². The van der Waals surface area contributed by atoms with E-state index in [1.807, 2.05) is 0 Å². The lowest BCUT2D eigenvalue weighted by Gasteiger charge is -2.40. The molecule has 0 spiro atoms. The number of carbonyl (C=O) groups excluding carboxylic acids is 1. The van der Waals surface area contributed by atoms with E-state index in [9.17, 15) is 9.18 Å².